The average Bonchev–Trinajstić information content (AvgIpc) is 2.55. The molecule has 0 saturated carbocycles. The first-order valence-corrected chi connectivity index (χ1v) is 9.09. The summed E-state index contributed by atoms with van der Waals surface area (Å²) in [6, 6.07) is 4.94. The highest BCUT2D eigenvalue weighted by atomic mass is 16.5. The molecular formula is C20H33NO. The fourth-order valence-corrected chi connectivity index (χ4v) is 3.48. The maximum absolute atomic E-state index is 6.55. The predicted octanol–water partition coefficient (Wildman–Crippen LogP) is 5.47. The quantitative estimate of drug-likeness (QED) is 0.675. The Morgan fingerprint density at radius 1 is 1.14 bits per heavy atom. The molecule has 2 heteroatoms. The monoisotopic (exact) mass is 303 g/mol. The van der Waals surface area contributed by atoms with Gasteiger partial charge in [0.1, 0.15) is 11.4 Å². The van der Waals surface area contributed by atoms with Crippen LogP contribution in [0.4, 0.5) is 0 Å². The van der Waals surface area contributed by atoms with Crippen molar-refractivity contribution in [1.82, 2.24) is 5.32 Å². The molecule has 22 heavy (non-hydrogen) atoms. The Kier molecular flexibility index (Phi) is 5.91. The second-order valence-electron chi connectivity index (χ2n) is 6.84. The number of unbranched alkanes of at least 4 members (excludes halogenated alkanes) is 2. The highest BCUT2D eigenvalue weighted by molar-refractivity contribution is 5.48. The van der Waals surface area contributed by atoms with Crippen LogP contribution in [-0.4, -0.2) is 12.1 Å². The molecule has 0 aliphatic carbocycles. The van der Waals surface area contributed by atoms with Crippen molar-refractivity contribution >= 4 is 0 Å². The van der Waals surface area contributed by atoms with Gasteiger partial charge in [0.05, 0.1) is 0 Å². The van der Waals surface area contributed by atoms with Gasteiger partial charge in [0, 0.05) is 18.0 Å². The third-order valence-electron chi connectivity index (χ3n) is 5.44. The molecule has 1 N–H and O–H groups in total. The van der Waals surface area contributed by atoms with Crippen molar-refractivity contribution in [1.29, 1.82) is 0 Å². The van der Waals surface area contributed by atoms with E-state index >= 15 is 0 Å². The highest BCUT2D eigenvalue weighted by Gasteiger charge is 2.39. The van der Waals surface area contributed by atoms with Gasteiger partial charge in [-0.15, -0.1) is 0 Å². The van der Waals surface area contributed by atoms with Crippen LogP contribution in [0.25, 0.3) is 0 Å². The fourth-order valence-electron chi connectivity index (χ4n) is 3.48. The molecule has 1 heterocycles. The van der Waals surface area contributed by atoms with E-state index in [1.54, 1.807) is 0 Å². The zero-order valence-corrected chi connectivity index (χ0v) is 15.1. The Labute approximate surface area is 136 Å². The molecule has 124 valence electrons. The number of fused-ring (bicyclic) bond motifs is 1. The minimum absolute atomic E-state index is 0.00598. The lowest BCUT2D eigenvalue weighted by Crippen LogP contribution is -2.43. The van der Waals surface area contributed by atoms with Gasteiger partial charge in [0.2, 0.25) is 0 Å². The molecule has 1 aromatic carbocycles. The van der Waals surface area contributed by atoms with Gasteiger partial charge >= 0.3 is 0 Å². The average molecular weight is 303 g/mol. The highest BCUT2D eigenvalue weighted by Crippen LogP contribution is 2.45. The van der Waals surface area contributed by atoms with E-state index in [1.165, 1.54) is 36.0 Å². The number of ether oxygens (including phenoxy) is 1. The van der Waals surface area contributed by atoms with Gasteiger partial charge < -0.3 is 10.1 Å². The molecule has 1 aliphatic heterocycles. The van der Waals surface area contributed by atoms with Crippen molar-refractivity contribution in [3.63, 3.8) is 0 Å². The lowest BCUT2D eigenvalue weighted by atomic mass is 9.82. The molecule has 0 aromatic heterocycles. The molecule has 0 bridgehead atoms. The van der Waals surface area contributed by atoms with E-state index in [-0.39, 0.29) is 5.60 Å². The summed E-state index contributed by atoms with van der Waals surface area (Å²) >= 11 is 0. The molecule has 1 unspecified atom stereocenters. The Morgan fingerprint density at radius 2 is 1.86 bits per heavy atom. The van der Waals surface area contributed by atoms with Gasteiger partial charge in [0.25, 0.3) is 0 Å². The van der Waals surface area contributed by atoms with Crippen molar-refractivity contribution in [3.8, 4) is 5.75 Å². The molecule has 1 atom stereocenters. The number of hydrogen-bond donors (Lipinski definition) is 1. The number of nitrogens with one attached hydrogen (secondary N) is 1. The second-order valence-corrected chi connectivity index (χ2v) is 6.84. The summed E-state index contributed by atoms with van der Waals surface area (Å²) in [6.45, 7) is 12.3. The summed E-state index contributed by atoms with van der Waals surface area (Å²) in [7, 11) is 0. The van der Waals surface area contributed by atoms with Crippen LogP contribution in [0.5, 0.6) is 5.75 Å². The van der Waals surface area contributed by atoms with E-state index in [9.17, 15) is 0 Å². The van der Waals surface area contributed by atoms with E-state index in [1.807, 2.05) is 0 Å². The van der Waals surface area contributed by atoms with Gasteiger partial charge in [-0.25, -0.2) is 0 Å². The summed E-state index contributed by atoms with van der Waals surface area (Å²) in [5.74, 6) is 1.14. The molecule has 2 nitrogen and oxygen atoms in total. The summed E-state index contributed by atoms with van der Waals surface area (Å²) in [5, 5.41) is 3.80. The number of aryl methyl sites for hydroxylation is 1. The van der Waals surface area contributed by atoms with Gasteiger partial charge in [-0.1, -0.05) is 45.7 Å². The van der Waals surface area contributed by atoms with E-state index in [0.29, 0.717) is 6.04 Å². The molecule has 1 aromatic rings. The van der Waals surface area contributed by atoms with Crippen molar-refractivity contribution in [2.24, 2.45) is 0 Å². The van der Waals surface area contributed by atoms with Gasteiger partial charge in [-0.05, 0) is 50.8 Å². The summed E-state index contributed by atoms with van der Waals surface area (Å²) in [6.07, 6.45) is 7.08. The smallest absolute Gasteiger partial charge is 0.128 e. The molecular weight excluding hydrogens is 270 g/mol. The first-order valence-electron chi connectivity index (χ1n) is 9.09. The second kappa shape index (κ2) is 7.50. The largest absolute Gasteiger partial charge is 0.487 e. The van der Waals surface area contributed by atoms with Crippen LogP contribution >= 0.6 is 0 Å². The van der Waals surface area contributed by atoms with Crippen LogP contribution in [0.15, 0.2) is 12.1 Å². The summed E-state index contributed by atoms with van der Waals surface area (Å²) in [4.78, 5) is 0. The zero-order valence-electron chi connectivity index (χ0n) is 15.1. The van der Waals surface area contributed by atoms with Gasteiger partial charge in [-0.2, -0.15) is 0 Å². The number of hydrogen-bond acceptors (Lipinski definition) is 2. The third-order valence-corrected chi connectivity index (χ3v) is 5.44. The first-order chi connectivity index (χ1) is 10.6. The molecule has 0 saturated heterocycles. The van der Waals surface area contributed by atoms with E-state index in [0.717, 1.165) is 31.6 Å². The van der Waals surface area contributed by atoms with Gasteiger partial charge in [-0.3, -0.25) is 0 Å². The van der Waals surface area contributed by atoms with E-state index < -0.39 is 0 Å². The minimum atomic E-state index is -0.00598. The van der Waals surface area contributed by atoms with Crippen LogP contribution in [0.2, 0.25) is 0 Å². The topological polar surface area (TPSA) is 21.3 Å². The zero-order chi connectivity index (χ0) is 16.2. The third kappa shape index (κ3) is 3.48. The Bertz CT molecular complexity index is 491. The molecule has 2 rings (SSSR count). The van der Waals surface area contributed by atoms with Crippen molar-refractivity contribution in [2.75, 3.05) is 6.54 Å². The van der Waals surface area contributed by atoms with Crippen molar-refractivity contribution in [2.45, 2.75) is 84.8 Å². The number of benzene rings is 1. The standard InChI is InChI=1S/C20H33NO/c1-6-9-10-13-21-18-14-20(7-2,8-3)22-19-16(5)15(4)11-12-17(18)19/h11-12,18,21H,6-10,13-14H2,1-5H3. The van der Waals surface area contributed by atoms with Crippen LogP contribution in [-0.2, 0) is 0 Å². The predicted molar refractivity (Wildman–Crippen MR) is 94.7 cm³/mol. The molecule has 0 radical (unpaired) electrons. The summed E-state index contributed by atoms with van der Waals surface area (Å²) < 4.78 is 6.55. The molecule has 0 amide bonds. The lowest BCUT2D eigenvalue weighted by molar-refractivity contribution is 0.0220. The van der Waals surface area contributed by atoms with Crippen LogP contribution in [0, 0.1) is 13.8 Å². The minimum Gasteiger partial charge on any atom is -0.487 e. The van der Waals surface area contributed by atoms with Crippen LogP contribution < -0.4 is 10.1 Å². The maximum atomic E-state index is 6.55. The maximum Gasteiger partial charge on any atom is 0.128 e. The Morgan fingerprint density at radius 3 is 2.50 bits per heavy atom. The van der Waals surface area contributed by atoms with Crippen molar-refractivity contribution < 1.29 is 4.74 Å². The van der Waals surface area contributed by atoms with Gasteiger partial charge in [0.15, 0.2) is 0 Å². The van der Waals surface area contributed by atoms with E-state index in [2.05, 4.69) is 52.1 Å². The lowest BCUT2D eigenvalue weighted by Gasteiger charge is -2.42. The fraction of sp³-hybridized carbons (Fsp3) is 0.700. The first kappa shape index (κ1) is 17.3. The van der Waals surface area contributed by atoms with E-state index in [4.69, 9.17) is 4.74 Å². The Balaban J connectivity index is 2.27. The van der Waals surface area contributed by atoms with Crippen LogP contribution in [0.1, 0.15) is 82.0 Å². The normalized spacial score (nSPS) is 19.6. The number of rotatable bonds is 7. The molecule has 1 aliphatic rings. The van der Waals surface area contributed by atoms with Crippen molar-refractivity contribution in [3.05, 3.63) is 28.8 Å². The van der Waals surface area contributed by atoms with Crippen LogP contribution in [0.3, 0.4) is 0 Å². The summed E-state index contributed by atoms with van der Waals surface area (Å²) in [5.41, 5.74) is 3.99. The molecule has 0 fully saturated rings. The Hall–Kier alpha value is -1.02. The molecule has 0 spiro atoms. The SMILES string of the molecule is CCCCCNC1CC(CC)(CC)Oc2c1ccc(C)c2C.